The van der Waals surface area contributed by atoms with Crippen molar-refractivity contribution in [1.82, 2.24) is 0 Å². The van der Waals surface area contributed by atoms with Crippen LogP contribution in [0.4, 0.5) is 4.39 Å². The summed E-state index contributed by atoms with van der Waals surface area (Å²) in [7, 11) is 0. The van der Waals surface area contributed by atoms with Crippen LogP contribution >= 0.6 is 0 Å². The smallest absolute Gasteiger partial charge is 0.123 e. The third-order valence-electron chi connectivity index (χ3n) is 2.78. The van der Waals surface area contributed by atoms with Gasteiger partial charge in [-0.3, -0.25) is 0 Å². The fourth-order valence-corrected chi connectivity index (χ4v) is 1.75. The van der Waals surface area contributed by atoms with Gasteiger partial charge in [-0.05, 0) is 36.2 Å². The van der Waals surface area contributed by atoms with Crippen LogP contribution in [0.1, 0.15) is 17.2 Å². The maximum Gasteiger partial charge on any atom is 0.123 e. The first-order chi connectivity index (χ1) is 8.66. The SMILES string of the molecule is Cc1cc(F)ccc1OCC(N)c1ccccc1. The molecular formula is C15H16FNO. The lowest BCUT2D eigenvalue weighted by molar-refractivity contribution is 0.288. The van der Waals surface area contributed by atoms with Crippen molar-refractivity contribution in [1.29, 1.82) is 0 Å². The minimum Gasteiger partial charge on any atom is -0.491 e. The van der Waals surface area contributed by atoms with Crippen molar-refractivity contribution in [2.24, 2.45) is 5.73 Å². The monoisotopic (exact) mass is 245 g/mol. The highest BCUT2D eigenvalue weighted by Gasteiger charge is 2.07. The van der Waals surface area contributed by atoms with Crippen LogP contribution in [0.5, 0.6) is 5.75 Å². The second kappa shape index (κ2) is 5.65. The molecule has 0 radical (unpaired) electrons. The largest absolute Gasteiger partial charge is 0.491 e. The van der Waals surface area contributed by atoms with Crippen molar-refractivity contribution in [3.63, 3.8) is 0 Å². The van der Waals surface area contributed by atoms with E-state index >= 15 is 0 Å². The Morgan fingerprint density at radius 1 is 1.17 bits per heavy atom. The maximum atomic E-state index is 12.9. The zero-order valence-electron chi connectivity index (χ0n) is 10.3. The zero-order valence-corrected chi connectivity index (χ0v) is 10.3. The second-order valence-corrected chi connectivity index (χ2v) is 4.24. The van der Waals surface area contributed by atoms with Crippen LogP contribution in [0, 0.1) is 12.7 Å². The van der Waals surface area contributed by atoms with Crippen molar-refractivity contribution in [3.05, 3.63) is 65.5 Å². The lowest BCUT2D eigenvalue weighted by atomic mass is 10.1. The molecule has 0 heterocycles. The predicted molar refractivity (Wildman–Crippen MR) is 70.0 cm³/mol. The fraction of sp³-hybridized carbons (Fsp3) is 0.200. The second-order valence-electron chi connectivity index (χ2n) is 4.24. The van der Waals surface area contributed by atoms with Gasteiger partial charge in [0.2, 0.25) is 0 Å². The predicted octanol–water partition coefficient (Wildman–Crippen LogP) is 3.21. The molecule has 18 heavy (non-hydrogen) atoms. The Balaban J connectivity index is 1.99. The molecule has 0 aliphatic heterocycles. The lowest BCUT2D eigenvalue weighted by Gasteiger charge is -2.14. The Morgan fingerprint density at radius 3 is 2.56 bits per heavy atom. The summed E-state index contributed by atoms with van der Waals surface area (Å²) in [6.45, 7) is 2.18. The number of ether oxygens (including phenoxy) is 1. The van der Waals surface area contributed by atoms with Crippen LogP contribution in [0.15, 0.2) is 48.5 Å². The molecule has 2 nitrogen and oxygen atoms in total. The van der Waals surface area contributed by atoms with Crippen molar-refractivity contribution in [3.8, 4) is 5.75 Å². The normalized spacial score (nSPS) is 12.2. The minimum atomic E-state index is -0.257. The van der Waals surface area contributed by atoms with Crippen LogP contribution in [0.25, 0.3) is 0 Å². The molecule has 94 valence electrons. The minimum absolute atomic E-state index is 0.185. The van der Waals surface area contributed by atoms with E-state index in [1.54, 1.807) is 6.07 Å². The highest BCUT2D eigenvalue weighted by molar-refractivity contribution is 5.32. The summed E-state index contributed by atoms with van der Waals surface area (Å²) in [6, 6.07) is 14.0. The van der Waals surface area contributed by atoms with E-state index in [9.17, 15) is 4.39 Å². The van der Waals surface area contributed by atoms with Gasteiger partial charge in [0.25, 0.3) is 0 Å². The van der Waals surface area contributed by atoms with Gasteiger partial charge in [0, 0.05) is 0 Å². The van der Waals surface area contributed by atoms with E-state index in [4.69, 9.17) is 10.5 Å². The average Bonchev–Trinajstić information content (AvgIpc) is 2.38. The molecule has 0 aliphatic rings. The topological polar surface area (TPSA) is 35.2 Å². The number of hydrogen-bond donors (Lipinski definition) is 1. The third kappa shape index (κ3) is 3.08. The van der Waals surface area contributed by atoms with E-state index in [-0.39, 0.29) is 11.9 Å². The Kier molecular flexibility index (Phi) is 3.95. The van der Waals surface area contributed by atoms with Crippen LogP contribution in [0.2, 0.25) is 0 Å². The molecule has 3 heteroatoms. The Hall–Kier alpha value is -1.87. The summed E-state index contributed by atoms with van der Waals surface area (Å²) in [4.78, 5) is 0. The van der Waals surface area contributed by atoms with E-state index in [0.717, 1.165) is 11.1 Å². The van der Waals surface area contributed by atoms with E-state index in [1.165, 1.54) is 12.1 Å². The molecule has 0 aromatic heterocycles. The fourth-order valence-electron chi connectivity index (χ4n) is 1.75. The van der Waals surface area contributed by atoms with E-state index < -0.39 is 0 Å². The van der Waals surface area contributed by atoms with E-state index in [0.29, 0.717) is 12.4 Å². The van der Waals surface area contributed by atoms with Crippen LogP contribution in [-0.2, 0) is 0 Å². The summed E-state index contributed by atoms with van der Waals surface area (Å²) in [6.07, 6.45) is 0. The summed E-state index contributed by atoms with van der Waals surface area (Å²) >= 11 is 0. The molecule has 0 fully saturated rings. The van der Waals surface area contributed by atoms with Crippen LogP contribution in [0.3, 0.4) is 0 Å². The highest BCUT2D eigenvalue weighted by atomic mass is 19.1. The van der Waals surface area contributed by atoms with Gasteiger partial charge in [-0.1, -0.05) is 30.3 Å². The molecule has 1 unspecified atom stereocenters. The molecule has 0 saturated carbocycles. The number of aryl methyl sites for hydroxylation is 1. The Morgan fingerprint density at radius 2 is 1.89 bits per heavy atom. The first-order valence-corrected chi connectivity index (χ1v) is 5.86. The van der Waals surface area contributed by atoms with Crippen molar-refractivity contribution in [2.75, 3.05) is 6.61 Å². The molecule has 2 aromatic carbocycles. The van der Waals surface area contributed by atoms with Gasteiger partial charge < -0.3 is 10.5 Å². The first-order valence-electron chi connectivity index (χ1n) is 5.86. The molecular weight excluding hydrogens is 229 g/mol. The zero-order chi connectivity index (χ0) is 13.0. The number of nitrogens with two attached hydrogens (primary N) is 1. The van der Waals surface area contributed by atoms with Crippen molar-refractivity contribution >= 4 is 0 Å². The van der Waals surface area contributed by atoms with Gasteiger partial charge in [0.15, 0.2) is 0 Å². The van der Waals surface area contributed by atoms with Gasteiger partial charge in [-0.15, -0.1) is 0 Å². The lowest BCUT2D eigenvalue weighted by Crippen LogP contribution is -2.19. The molecule has 2 N–H and O–H groups in total. The van der Waals surface area contributed by atoms with Crippen LogP contribution in [-0.4, -0.2) is 6.61 Å². The van der Waals surface area contributed by atoms with Gasteiger partial charge in [0.05, 0.1) is 6.04 Å². The number of rotatable bonds is 4. The van der Waals surface area contributed by atoms with Crippen LogP contribution < -0.4 is 10.5 Å². The number of hydrogen-bond acceptors (Lipinski definition) is 2. The standard InChI is InChI=1S/C15H16FNO/c1-11-9-13(16)7-8-15(11)18-10-14(17)12-5-3-2-4-6-12/h2-9,14H,10,17H2,1H3. The summed E-state index contributed by atoms with van der Waals surface area (Å²) < 4.78 is 18.5. The van der Waals surface area contributed by atoms with Gasteiger partial charge in [-0.2, -0.15) is 0 Å². The summed E-state index contributed by atoms with van der Waals surface area (Å²) in [5, 5.41) is 0. The van der Waals surface area contributed by atoms with Gasteiger partial charge in [0.1, 0.15) is 18.2 Å². The average molecular weight is 245 g/mol. The summed E-state index contributed by atoms with van der Waals surface area (Å²) in [5.74, 6) is 0.412. The van der Waals surface area contributed by atoms with Gasteiger partial charge in [-0.25, -0.2) is 4.39 Å². The van der Waals surface area contributed by atoms with Gasteiger partial charge >= 0.3 is 0 Å². The van der Waals surface area contributed by atoms with E-state index in [2.05, 4.69) is 0 Å². The molecule has 0 spiro atoms. The van der Waals surface area contributed by atoms with Crippen molar-refractivity contribution < 1.29 is 9.13 Å². The molecule has 0 aliphatic carbocycles. The Labute approximate surface area is 106 Å². The first kappa shape index (κ1) is 12.6. The molecule has 0 amide bonds. The molecule has 2 aromatic rings. The third-order valence-corrected chi connectivity index (χ3v) is 2.78. The molecule has 0 bridgehead atoms. The summed E-state index contributed by atoms with van der Waals surface area (Å²) in [5.41, 5.74) is 7.82. The molecule has 0 saturated heterocycles. The molecule has 2 rings (SSSR count). The maximum absolute atomic E-state index is 12.9. The van der Waals surface area contributed by atoms with Crippen molar-refractivity contribution in [2.45, 2.75) is 13.0 Å². The van der Waals surface area contributed by atoms with E-state index in [1.807, 2.05) is 37.3 Å². The number of halogens is 1. The Bertz CT molecular complexity index is 513. The molecule has 1 atom stereocenters. The highest BCUT2D eigenvalue weighted by Crippen LogP contribution is 2.20. The quantitative estimate of drug-likeness (QED) is 0.897. The number of benzene rings is 2.